The van der Waals surface area contributed by atoms with Gasteiger partial charge in [-0.15, -0.1) is 0 Å². The van der Waals surface area contributed by atoms with Crippen LogP contribution in [-0.4, -0.2) is 27.4 Å². The lowest BCUT2D eigenvalue weighted by atomic mass is 10.1. The predicted octanol–water partition coefficient (Wildman–Crippen LogP) is 2.83. The molecule has 2 N–H and O–H groups in total. The van der Waals surface area contributed by atoms with Crippen molar-refractivity contribution in [3.05, 3.63) is 39.9 Å². The number of carbonyl (C=O) groups is 1. The van der Waals surface area contributed by atoms with Crippen LogP contribution in [0.15, 0.2) is 18.2 Å². The van der Waals surface area contributed by atoms with Crippen LogP contribution in [-0.2, 0) is 4.79 Å². The SMILES string of the molecule is Cc1ccc(C)c(OCC(=O)Nn2c(C(C)C)n[nH]c2=S)c1. The van der Waals surface area contributed by atoms with Crippen LogP contribution < -0.4 is 10.2 Å². The Hall–Kier alpha value is -2.15. The molecule has 1 heterocycles. The zero-order chi connectivity index (χ0) is 16.3. The van der Waals surface area contributed by atoms with Gasteiger partial charge in [0.25, 0.3) is 5.91 Å². The normalized spacial score (nSPS) is 10.8. The van der Waals surface area contributed by atoms with Gasteiger partial charge in [0.05, 0.1) is 0 Å². The molecule has 0 aliphatic carbocycles. The van der Waals surface area contributed by atoms with Gasteiger partial charge in [0.2, 0.25) is 4.77 Å². The van der Waals surface area contributed by atoms with Crippen molar-refractivity contribution in [3.8, 4) is 5.75 Å². The van der Waals surface area contributed by atoms with Gasteiger partial charge in [0.1, 0.15) is 5.75 Å². The van der Waals surface area contributed by atoms with E-state index in [1.165, 1.54) is 4.68 Å². The minimum Gasteiger partial charge on any atom is -0.483 e. The van der Waals surface area contributed by atoms with Crippen molar-refractivity contribution in [1.29, 1.82) is 0 Å². The molecular weight excluding hydrogens is 300 g/mol. The first-order chi connectivity index (χ1) is 10.4. The van der Waals surface area contributed by atoms with Crippen molar-refractivity contribution in [1.82, 2.24) is 14.9 Å². The molecule has 0 unspecified atom stereocenters. The van der Waals surface area contributed by atoms with E-state index < -0.39 is 0 Å². The summed E-state index contributed by atoms with van der Waals surface area (Å²) in [4.78, 5) is 12.1. The highest BCUT2D eigenvalue weighted by Crippen LogP contribution is 2.18. The number of carbonyl (C=O) groups excluding carboxylic acids is 1. The zero-order valence-corrected chi connectivity index (χ0v) is 14.0. The fourth-order valence-corrected chi connectivity index (χ4v) is 2.15. The maximum Gasteiger partial charge on any atom is 0.276 e. The van der Waals surface area contributed by atoms with Gasteiger partial charge in [-0.25, -0.2) is 4.68 Å². The maximum absolute atomic E-state index is 12.1. The zero-order valence-electron chi connectivity index (χ0n) is 13.1. The quantitative estimate of drug-likeness (QED) is 0.831. The summed E-state index contributed by atoms with van der Waals surface area (Å²) in [6.45, 7) is 7.77. The minimum atomic E-state index is -0.291. The van der Waals surface area contributed by atoms with Crippen LogP contribution in [0.4, 0.5) is 0 Å². The van der Waals surface area contributed by atoms with E-state index in [1.54, 1.807) is 0 Å². The van der Waals surface area contributed by atoms with Gasteiger partial charge in [0, 0.05) is 5.92 Å². The van der Waals surface area contributed by atoms with E-state index in [2.05, 4.69) is 15.6 Å². The third-order valence-electron chi connectivity index (χ3n) is 3.15. The van der Waals surface area contributed by atoms with Gasteiger partial charge in [-0.3, -0.25) is 15.3 Å². The highest BCUT2D eigenvalue weighted by molar-refractivity contribution is 7.71. The predicted molar refractivity (Wildman–Crippen MR) is 87.3 cm³/mol. The molecule has 7 heteroatoms. The van der Waals surface area contributed by atoms with Crippen molar-refractivity contribution in [2.24, 2.45) is 0 Å². The smallest absolute Gasteiger partial charge is 0.276 e. The number of nitrogens with one attached hydrogen (secondary N) is 2. The van der Waals surface area contributed by atoms with E-state index in [-0.39, 0.29) is 18.4 Å². The van der Waals surface area contributed by atoms with E-state index in [0.717, 1.165) is 11.1 Å². The molecule has 1 aromatic carbocycles. The first-order valence-corrected chi connectivity index (χ1v) is 7.46. The Morgan fingerprint density at radius 1 is 1.45 bits per heavy atom. The molecule has 0 radical (unpaired) electrons. The van der Waals surface area contributed by atoms with Gasteiger partial charge >= 0.3 is 0 Å². The van der Waals surface area contributed by atoms with Gasteiger partial charge < -0.3 is 4.74 Å². The number of rotatable bonds is 5. The van der Waals surface area contributed by atoms with Crippen LogP contribution in [0.2, 0.25) is 0 Å². The molecule has 1 amide bonds. The highest BCUT2D eigenvalue weighted by Gasteiger charge is 2.13. The first kappa shape index (κ1) is 16.2. The number of hydrogen-bond donors (Lipinski definition) is 2. The lowest BCUT2D eigenvalue weighted by molar-refractivity contribution is -0.119. The summed E-state index contributed by atoms with van der Waals surface area (Å²) < 4.78 is 7.41. The summed E-state index contributed by atoms with van der Waals surface area (Å²) in [7, 11) is 0. The largest absolute Gasteiger partial charge is 0.483 e. The number of benzene rings is 1. The maximum atomic E-state index is 12.1. The summed E-state index contributed by atoms with van der Waals surface area (Å²) in [5, 5.41) is 6.78. The molecular formula is C15H20N4O2S. The topological polar surface area (TPSA) is 71.9 Å². The van der Waals surface area contributed by atoms with E-state index in [9.17, 15) is 4.79 Å². The van der Waals surface area contributed by atoms with Crippen LogP contribution in [0.1, 0.15) is 36.7 Å². The number of aromatic amines is 1. The number of H-pyrrole nitrogens is 1. The summed E-state index contributed by atoms with van der Waals surface area (Å²) >= 11 is 5.12. The Kier molecular flexibility index (Phi) is 4.97. The Morgan fingerprint density at radius 3 is 2.86 bits per heavy atom. The molecule has 0 saturated heterocycles. The van der Waals surface area contributed by atoms with Gasteiger partial charge in [-0.05, 0) is 43.3 Å². The number of aryl methyl sites for hydroxylation is 2. The van der Waals surface area contributed by atoms with Crippen molar-refractivity contribution < 1.29 is 9.53 Å². The summed E-state index contributed by atoms with van der Waals surface area (Å²) in [5.41, 5.74) is 4.77. The molecule has 0 fully saturated rings. The second-order valence-corrected chi connectivity index (χ2v) is 5.86. The summed E-state index contributed by atoms with van der Waals surface area (Å²) in [6.07, 6.45) is 0. The number of amides is 1. The van der Waals surface area contributed by atoms with Crippen LogP contribution in [0.3, 0.4) is 0 Å². The molecule has 2 aromatic rings. The lowest BCUT2D eigenvalue weighted by Crippen LogP contribution is -2.29. The fourth-order valence-electron chi connectivity index (χ4n) is 1.97. The highest BCUT2D eigenvalue weighted by atomic mass is 32.1. The fraction of sp³-hybridized carbons (Fsp3) is 0.400. The second-order valence-electron chi connectivity index (χ2n) is 5.47. The van der Waals surface area contributed by atoms with Gasteiger partial charge in [0.15, 0.2) is 12.4 Å². The van der Waals surface area contributed by atoms with Crippen LogP contribution in [0.25, 0.3) is 0 Å². The van der Waals surface area contributed by atoms with Crippen LogP contribution in [0, 0.1) is 18.6 Å². The number of nitrogens with zero attached hydrogens (tertiary/aromatic N) is 2. The molecule has 118 valence electrons. The molecule has 0 aliphatic heterocycles. The minimum absolute atomic E-state index is 0.0885. The lowest BCUT2D eigenvalue weighted by Gasteiger charge is -2.12. The number of hydrogen-bond acceptors (Lipinski definition) is 4. The summed E-state index contributed by atoms with van der Waals surface area (Å²) in [6, 6.07) is 5.87. The average Bonchev–Trinajstić information content (AvgIpc) is 2.81. The van der Waals surface area contributed by atoms with Crippen molar-refractivity contribution >= 4 is 18.1 Å². The number of aromatic nitrogens is 3. The first-order valence-electron chi connectivity index (χ1n) is 7.05. The second kappa shape index (κ2) is 6.74. The molecule has 0 aliphatic rings. The van der Waals surface area contributed by atoms with Gasteiger partial charge in [-0.1, -0.05) is 26.0 Å². The molecule has 2 rings (SSSR count). The Labute approximate surface area is 134 Å². The molecule has 0 bridgehead atoms. The standard InChI is InChI=1S/C15H20N4O2S/c1-9(2)14-16-17-15(22)19(14)18-13(20)8-21-12-7-10(3)5-6-11(12)4/h5-7,9H,8H2,1-4H3,(H,17,22)(H,18,20). The van der Waals surface area contributed by atoms with Crippen molar-refractivity contribution in [2.45, 2.75) is 33.6 Å². The van der Waals surface area contributed by atoms with Gasteiger partial charge in [-0.2, -0.15) is 5.10 Å². The summed E-state index contributed by atoms with van der Waals surface area (Å²) in [5.74, 6) is 1.22. The van der Waals surface area contributed by atoms with Crippen LogP contribution in [0.5, 0.6) is 5.75 Å². The third kappa shape index (κ3) is 3.73. The van der Waals surface area contributed by atoms with E-state index >= 15 is 0 Å². The van der Waals surface area contributed by atoms with Crippen LogP contribution >= 0.6 is 12.2 Å². The molecule has 6 nitrogen and oxygen atoms in total. The van der Waals surface area contributed by atoms with E-state index in [0.29, 0.717) is 16.3 Å². The van der Waals surface area contributed by atoms with E-state index in [1.807, 2.05) is 45.9 Å². The van der Waals surface area contributed by atoms with Crippen molar-refractivity contribution in [2.75, 3.05) is 12.0 Å². The van der Waals surface area contributed by atoms with E-state index in [4.69, 9.17) is 17.0 Å². The molecule has 0 atom stereocenters. The Morgan fingerprint density at radius 2 is 2.18 bits per heavy atom. The molecule has 1 aromatic heterocycles. The Balaban J connectivity index is 2.04. The average molecular weight is 320 g/mol. The molecule has 22 heavy (non-hydrogen) atoms. The Bertz CT molecular complexity index is 733. The molecule has 0 saturated carbocycles. The monoisotopic (exact) mass is 320 g/mol. The van der Waals surface area contributed by atoms with Crippen molar-refractivity contribution in [3.63, 3.8) is 0 Å². The molecule has 0 spiro atoms. The third-order valence-corrected chi connectivity index (χ3v) is 3.43. The number of ether oxygens (including phenoxy) is 1.